The fraction of sp³-hybridized carbons (Fsp3) is 0.0909. The minimum absolute atomic E-state index is 0.0905. The van der Waals surface area contributed by atoms with Crippen molar-refractivity contribution in [3.05, 3.63) is 76.6 Å². The van der Waals surface area contributed by atoms with Crippen LogP contribution in [0.1, 0.15) is 26.6 Å². The first-order valence-electron chi connectivity index (χ1n) is 8.74. The van der Waals surface area contributed by atoms with Crippen molar-refractivity contribution in [3.8, 4) is 17.1 Å². The van der Waals surface area contributed by atoms with Gasteiger partial charge in [-0.2, -0.15) is 0 Å². The van der Waals surface area contributed by atoms with Gasteiger partial charge in [-0.15, -0.1) is 0 Å². The van der Waals surface area contributed by atoms with Crippen LogP contribution < -0.4 is 4.74 Å². The molecule has 0 spiro atoms. The Morgan fingerprint density at radius 2 is 1.86 bits per heavy atom. The summed E-state index contributed by atoms with van der Waals surface area (Å²) in [5.41, 5.74) is 1.64. The quantitative estimate of drug-likeness (QED) is 0.497. The van der Waals surface area contributed by atoms with Crippen LogP contribution in [0.2, 0.25) is 5.02 Å². The van der Waals surface area contributed by atoms with Crippen LogP contribution in [0.5, 0.6) is 5.75 Å². The van der Waals surface area contributed by atoms with E-state index in [1.807, 2.05) is 0 Å². The maximum absolute atomic E-state index is 13.2. The average Bonchev–Trinajstić information content (AvgIpc) is 3.30. The Kier molecular flexibility index (Phi) is 4.64. The van der Waals surface area contributed by atoms with Gasteiger partial charge in [0, 0.05) is 16.6 Å². The molecule has 6 nitrogen and oxygen atoms in total. The molecule has 29 heavy (non-hydrogen) atoms. The van der Waals surface area contributed by atoms with E-state index in [1.165, 1.54) is 11.7 Å². The molecular formula is C22H16ClNO5. The van der Waals surface area contributed by atoms with Gasteiger partial charge < -0.3 is 14.3 Å². The number of halogens is 1. The van der Waals surface area contributed by atoms with Crippen molar-refractivity contribution >= 4 is 34.4 Å². The number of benzene rings is 2. The highest BCUT2D eigenvalue weighted by Crippen LogP contribution is 2.32. The highest BCUT2D eigenvalue weighted by atomic mass is 35.5. The fourth-order valence-electron chi connectivity index (χ4n) is 3.44. The molecule has 0 aliphatic carbocycles. The number of aromatic carboxylic acids is 1. The lowest BCUT2D eigenvalue weighted by Crippen LogP contribution is -2.13. The van der Waals surface area contributed by atoms with E-state index in [-0.39, 0.29) is 11.3 Å². The molecule has 2 heterocycles. The molecule has 0 saturated carbocycles. The molecule has 0 saturated heterocycles. The van der Waals surface area contributed by atoms with Gasteiger partial charge in [-0.3, -0.25) is 9.36 Å². The summed E-state index contributed by atoms with van der Waals surface area (Å²) >= 11 is 6.17. The summed E-state index contributed by atoms with van der Waals surface area (Å²) in [6, 6.07) is 15.3. The predicted molar refractivity (Wildman–Crippen MR) is 109 cm³/mol. The molecule has 0 aliphatic heterocycles. The lowest BCUT2D eigenvalue weighted by molar-refractivity contribution is 0.0698. The Bertz CT molecular complexity index is 1270. The van der Waals surface area contributed by atoms with Crippen molar-refractivity contribution in [3.63, 3.8) is 0 Å². The van der Waals surface area contributed by atoms with Crippen LogP contribution >= 0.6 is 11.6 Å². The molecule has 4 rings (SSSR count). The van der Waals surface area contributed by atoms with Crippen LogP contribution in [0.15, 0.2) is 59.0 Å². The van der Waals surface area contributed by atoms with E-state index in [9.17, 15) is 14.7 Å². The van der Waals surface area contributed by atoms with Gasteiger partial charge in [0.1, 0.15) is 11.5 Å². The number of ether oxygens (including phenoxy) is 1. The summed E-state index contributed by atoms with van der Waals surface area (Å²) in [6.07, 6.45) is 0. The number of carboxylic acids is 1. The van der Waals surface area contributed by atoms with Gasteiger partial charge in [0.15, 0.2) is 5.76 Å². The van der Waals surface area contributed by atoms with Crippen LogP contribution in [0.25, 0.3) is 22.2 Å². The number of hydrogen-bond acceptors (Lipinski definition) is 4. The standard InChI is InChI=1S/C22H16ClNO5/c1-12-20(22(26)27)14-5-3-4-6-16(14)24(12)21(25)19-10-9-17(29-19)13-7-8-18(28-2)15(23)11-13/h3-11H,1-2H3,(H,26,27). The van der Waals surface area contributed by atoms with Gasteiger partial charge in [0.2, 0.25) is 0 Å². The normalized spacial score (nSPS) is 11.0. The minimum Gasteiger partial charge on any atom is -0.495 e. The number of carbonyl (C=O) groups is 2. The maximum atomic E-state index is 13.2. The monoisotopic (exact) mass is 409 g/mol. The summed E-state index contributed by atoms with van der Waals surface area (Å²) < 4.78 is 12.3. The number of hydrogen-bond donors (Lipinski definition) is 1. The molecule has 4 aromatic rings. The van der Waals surface area contributed by atoms with Crippen molar-refractivity contribution in [1.29, 1.82) is 0 Å². The van der Waals surface area contributed by atoms with Gasteiger partial charge in [-0.05, 0) is 43.3 Å². The first kappa shape index (κ1) is 18.8. The summed E-state index contributed by atoms with van der Waals surface area (Å²) in [5, 5.41) is 10.5. The molecule has 0 aliphatic rings. The number of carboxylic acid groups (broad SMARTS) is 1. The second-order valence-corrected chi connectivity index (χ2v) is 6.84. The number of fused-ring (bicyclic) bond motifs is 1. The minimum atomic E-state index is -1.08. The Balaban J connectivity index is 1.78. The first-order chi connectivity index (χ1) is 13.9. The number of carbonyl (C=O) groups excluding carboxylic acids is 1. The maximum Gasteiger partial charge on any atom is 0.338 e. The summed E-state index contributed by atoms with van der Waals surface area (Å²) in [4.78, 5) is 24.9. The van der Waals surface area contributed by atoms with Crippen LogP contribution in [0.4, 0.5) is 0 Å². The Morgan fingerprint density at radius 3 is 2.55 bits per heavy atom. The van der Waals surface area contributed by atoms with E-state index in [0.717, 1.165) is 0 Å². The van der Waals surface area contributed by atoms with E-state index in [2.05, 4.69) is 0 Å². The highest BCUT2D eigenvalue weighted by Gasteiger charge is 2.25. The Hall–Kier alpha value is -3.51. The molecule has 0 radical (unpaired) electrons. The van der Waals surface area contributed by atoms with E-state index in [0.29, 0.717) is 38.7 Å². The summed E-state index contributed by atoms with van der Waals surface area (Å²) in [7, 11) is 1.53. The van der Waals surface area contributed by atoms with Crippen molar-refractivity contribution < 1.29 is 23.8 Å². The van der Waals surface area contributed by atoms with Gasteiger partial charge in [-0.25, -0.2) is 4.79 Å². The molecule has 0 amide bonds. The smallest absolute Gasteiger partial charge is 0.338 e. The zero-order chi connectivity index (χ0) is 20.7. The molecule has 0 atom stereocenters. The number of rotatable bonds is 4. The summed E-state index contributed by atoms with van der Waals surface area (Å²) in [6.45, 7) is 1.61. The van der Waals surface area contributed by atoms with Crippen LogP contribution in [-0.2, 0) is 0 Å². The molecule has 2 aromatic heterocycles. The third-order valence-corrected chi connectivity index (χ3v) is 5.08. The van der Waals surface area contributed by atoms with E-state index in [4.69, 9.17) is 20.8 Å². The largest absolute Gasteiger partial charge is 0.495 e. The van der Waals surface area contributed by atoms with E-state index in [1.54, 1.807) is 61.5 Å². The van der Waals surface area contributed by atoms with Crippen LogP contribution in [-0.4, -0.2) is 28.7 Å². The second-order valence-electron chi connectivity index (χ2n) is 6.44. The van der Waals surface area contributed by atoms with Crippen molar-refractivity contribution in [2.45, 2.75) is 6.92 Å². The van der Waals surface area contributed by atoms with Crippen molar-refractivity contribution in [2.24, 2.45) is 0 Å². The number of nitrogens with zero attached hydrogens (tertiary/aromatic N) is 1. The van der Waals surface area contributed by atoms with Gasteiger partial charge in [-0.1, -0.05) is 29.8 Å². The first-order valence-corrected chi connectivity index (χ1v) is 9.12. The molecule has 2 aromatic carbocycles. The van der Waals surface area contributed by atoms with Crippen LogP contribution in [0, 0.1) is 6.92 Å². The van der Waals surface area contributed by atoms with Crippen molar-refractivity contribution in [1.82, 2.24) is 4.57 Å². The summed E-state index contributed by atoms with van der Waals surface area (Å²) in [5.74, 6) is -0.442. The lowest BCUT2D eigenvalue weighted by Gasteiger charge is -2.06. The Labute approximate surface area is 170 Å². The molecule has 146 valence electrons. The van der Waals surface area contributed by atoms with Gasteiger partial charge >= 0.3 is 5.97 Å². The molecule has 7 heteroatoms. The number of aromatic nitrogens is 1. The molecular weight excluding hydrogens is 394 g/mol. The number of para-hydroxylation sites is 1. The molecule has 1 N–H and O–H groups in total. The van der Waals surface area contributed by atoms with E-state index < -0.39 is 11.9 Å². The third kappa shape index (κ3) is 3.07. The lowest BCUT2D eigenvalue weighted by atomic mass is 10.1. The molecule has 0 fully saturated rings. The van der Waals surface area contributed by atoms with Gasteiger partial charge in [0.25, 0.3) is 5.91 Å². The average molecular weight is 410 g/mol. The zero-order valence-corrected chi connectivity index (χ0v) is 16.4. The van der Waals surface area contributed by atoms with Crippen LogP contribution in [0.3, 0.4) is 0 Å². The van der Waals surface area contributed by atoms with Gasteiger partial charge in [0.05, 0.1) is 23.2 Å². The Morgan fingerprint density at radius 1 is 1.10 bits per heavy atom. The molecule has 0 bridgehead atoms. The highest BCUT2D eigenvalue weighted by molar-refractivity contribution is 6.32. The molecule has 0 unspecified atom stereocenters. The number of furan rings is 1. The fourth-order valence-corrected chi connectivity index (χ4v) is 3.69. The third-order valence-electron chi connectivity index (χ3n) is 4.78. The predicted octanol–water partition coefficient (Wildman–Crippen LogP) is 5.26. The van der Waals surface area contributed by atoms with E-state index >= 15 is 0 Å². The SMILES string of the molecule is COc1ccc(-c2ccc(C(=O)n3c(C)c(C(=O)O)c4ccccc43)o2)cc1Cl. The topological polar surface area (TPSA) is 81.7 Å². The van der Waals surface area contributed by atoms with Crippen molar-refractivity contribution in [2.75, 3.05) is 7.11 Å². The number of methoxy groups -OCH3 is 1. The second kappa shape index (κ2) is 7.14. The zero-order valence-electron chi connectivity index (χ0n) is 15.6.